The third-order valence-corrected chi connectivity index (χ3v) is 15.3. The van der Waals surface area contributed by atoms with Crippen LogP contribution in [0.2, 0.25) is 0 Å². The minimum absolute atomic E-state index is 0. The van der Waals surface area contributed by atoms with Crippen molar-refractivity contribution < 1.29 is 52.3 Å². The fourth-order valence-electron chi connectivity index (χ4n) is 11.2. The van der Waals surface area contributed by atoms with Crippen LogP contribution in [0.5, 0.6) is 11.8 Å². The van der Waals surface area contributed by atoms with E-state index in [9.17, 15) is 10.2 Å². The van der Waals surface area contributed by atoms with Gasteiger partial charge in [0.2, 0.25) is 11.8 Å². The normalized spacial score (nSPS) is 12.0. The molecule has 0 amide bonds. The first-order valence-electron chi connectivity index (χ1n) is 28.3. The molecule has 436 valence electrons. The summed E-state index contributed by atoms with van der Waals surface area (Å²) in [4.78, 5) is 25.6. The monoisotopic (exact) mass is 1510 g/mol. The van der Waals surface area contributed by atoms with Crippen molar-refractivity contribution in [3.63, 3.8) is 0 Å². The number of hydrogen-bond donors (Lipinski definition) is 2. The fourth-order valence-corrected chi connectivity index (χ4v) is 11.2. The van der Waals surface area contributed by atoms with Gasteiger partial charge in [-0.15, -0.1) is 34.3 Å². The van der Waals surface area contributed by atoms with Gasteiger partial charge in [-0.05, 0) is 135 Å². The van der Waals surface area contributed by atoms with Crippen LogP contribution in [0.3, 0.4) is 0 Å². The number of pyridine rings is 4. The van der Waals surface area contributed by atoms with E-state index in [2.05, 4.69) is 208 Å². The van der Waals surface area contributed by atoms with Gasteiger partial charge in [0, 0.05) is 68.7 Å². The van der Waals surface area contributed by atoms with Crippen LogP contribution in [0.4, 0.5) is 34.4 Å². The predicted molar refractivity (Wildman–Crippen MR) is 350 cm³/mol. The smallest absolute Gasteiger partial charge is 0.502 e. The van der Waals surface area contributed by atoms with Crippen LogP contribution in [0.15, 0.2) is 255 Å². The first kappa shape index (κ1) is 59.8. The quantitative estimate of drug-likeness (QED) is 0.156. The van der Waals surface area contributed by atoms with E-state index in [1.54, 1.807) is 0 Å². The zero-order valence-corrected chi connectivity index (χ0v) is 52.9. The molecule has 8 aromatic carbocycles. The van der Waals surface area contributed by atoms with Crippen LogP contribution >= 0.6 is 0 Å². The second-order valence-electron chi connectivity index (χ2n) is 20.9. The minimum Gasteiger partial charge on any atom is -0.502 e. The van der Waals surface area contributed by atoms with E-state index >= 15 is 0 Å². The number of fused-ring (bicyclic) bond motifs is 8. The summed E-state index contributed by atoms with van der Waals surface area (Å²) in [6, 6.07) is 88.7. The molecule has 16 rings (SSSR count). The molecule has 2 aliphatic heterocycles. The van der Waals surface area contributed by atoms with Crippen molar-refractivity contribution in [2.24, 2.45) is 0 Å². The van der Waals surface area contributed by atoms with E-state index in [1.165, 1.54) is 32.6 Å². The Morgan fingerprint density at radius 3 is 1.14 bits per heavy atom. The van der Waals surface area contributed by atoms with Crippen LogP contribution < -0.4 is 19.6 Å². The Balaban J connectivity index is 0.000000127. The Kier molecular flexibility index (Phi) is 18.0. The molecule has 6 aromatic heterocycles. The number of rotatable bonds is 6. The van der Waals surface area contributed by atoms with Gasteiger partial charge in [0.25, 0.3) is 0 Å². The van der Waals surface area contributed by atoms with Gasteiger partial charge >= 0.3 is 42.1 Å². The van der Waals surface area contributed by atoms with Crippen LogP contribution in [0.1, 0.15) is 11.4 Å². The van der Waals surface area contributed by atoms with E-state index in [0.29, 0.717) is 0 Å². The summed E-state index contributed by atoms with van der Waals surface area (Å²) in [6.07, 6.45) is 3.66. The molecule has 0 spiro atoms. The van der Waals surface area contributed by atoms with Gasteiger partial charge in [-0.25, -0.2) is 19.9 Å². The maximum absolute atomic E-state index is 9.63. The van der Waals surface area contributed by atoms with E-state index in [4.69, 9.17) is 0 Å². The number of aromatic hydroxyl groups is 2. The molecular weight excluding hydrogens is 1450 g/mol. The summed E-state index contributed by atoms with van der Waals surface area (Å²) in [5, 5.41) is 24.1. The molecule has 0 unspecified atom stereocenters. The number of nitrogens with zero attached hydrogens (tertiary/aromatic N) is 10. The molecular formula is C74H58N10O2Pt2. The summed E-state index contributed by atoms with van der Waals surface area (Å²) in [7, 11) is 4.08. The Labute approximate surface area is 540 Å². The fraction of sp³-hybridized carbons (Fsp3) is 0.0541. The number of para-hydroxylation sites is 4. The Morgan fingerprint density at radius 2 is 0.750 bits per heavy atom. The van der Waals surface area contributed by atoms with Crippen molar-refractivity contribution >= 4 is 78.0 Å². The third-order valence-electron chi connectivity index (χ3n) is 15.3. The first-order valence-corrected chi connectivity index (χ1v) is 28.3. The molecule has 0 aliphatic carbocycles. The summed E-state index contributed by atoms with van der Waals surface area (Å²) >= 11 is 0. The minimum atomic E-state index is 0. The molecule has 8 heterocycles. The zero-order chi connectivity index (χ0) is 58.7. The molecule has 12 nitrogen and oxygen atoms in total. The molecule has 0 bridgehead atoms. The zero-order valence-electron chi connectivity index (χ0n) is 48.4. The van der Waals surface area contributed by atoms with Crippen LogP contribution in [0, 0.1) is 39.3 Å². The van der Waals surface area contributed by atoms with E-state index in [0.717, 1.165) is 90.4 Å². The second kappa shape index (κ2) is 26.4. The topological polar surface area (TPSA) is 115 Å². The molecule has 2 N–H and O–H groups in total. The molecule has 2 aliphatic rings. The van der Waals surface area contributed by atoms with Gasteiger partial charge in [-0.2, -0.15) is 37.6 Å². The Bertz CT molecular complexity index is 4420. The maximum Gasteiger partial charge on any atom is 2.00 e. The second-order valence-corrected chi connectivity index (χ2v) is 20.9. The van der Waals surface area contributed by atoms with Crippen LogP contribution in [-0.2, 0) is 42.1 Å². The number of aryl methyl sites for hydroxylation is 2. The van der Waals surface area contributed by atoms with Crippen molar-refractivity contribution in [2.75, 3.05) is 33.7 Å². The van der Waals surface area contributed by atoms with Gasteiger partial charge in [-0.1, -0.05) is 144 Å². The molecule has 0 saturated carbocycles. The predicted octanol–water partition coefficient (Wildman–Crippen LogP) is 16.9. The molecule has 14 aromatic rings. The van der Waals surface area contributed by atoms with Crippen molar-refractivity contribution in [1.29, 1.82) is 0 Å². The van der Waals surface area contributed by atoms with Gasteiger partial charge in [-0.3, -0.25) is 0 Å². The van der Waals surface area contributed by atoms with Gasteiger partial charge in [0.1, 0.15) is 11.6 Å². The van der Waals surface area contributed by atoms with Gasteiger partial charge in [0.15, 0.2) is 0 Å². The number of benzene rings is 8. The first-order chi connectivity index (χ1) is 42.2. The summed E-state index contributed by atoms with van der Waals surface area (Å²) in [6.45, 7) is 7.83. The third kappa shape index (κ3) is 11.9. The molecule has 0 fully saturated rings. The standard InChI is InChI=1S/2C25H18N4.2C12H11NO.2Pt/c2*1-27-17-28(25-23(27)12-7-15-26-25)19-13-14-21-20-10-5-6-11-22(20)29(24(21)16-19)18-8-3-2-4-9-18;2*1-9-7-8-11(12(14)13-9)10-5-3-2-4-6-10;;/h2*2-12,14-17H,1H3;2*2-8H,1H3,(H,13,14);;/q2*-2;;;2*+2. The van der Waals surface area contributed by atoms with Gasteiger partial charge in [0.05, 0.1) is 0 Å². The Hall–Kier alpha value is -9.86. The SMILES string of the molecule is CN1[CH-]N(c2[c-]cc3c4ccccc4n(-c4ccccc4)c3c2)c2ncccc21.CN1[CH-]N(c2[c-]cc3c4ccccc4n(-c4ccccc4)c3c2)c2ncccc21.Cc1ccc(-c2ccccc2)c(O)n1.Cc1ccc(-c2ccccc2)c(O)n1.[Pt+2].[Pt+2]. The van der Waals surface area contributed by atoms with Crippen molar-refractivity contribution in [2.45, 2.75) is 13.8 Å². The van der Waals surface area contributed by atoms with Crippen molar-refractivity contribution in [3.05, 3.63) is 292 Å². The molecule has 0 saturated heterocycles. The molecule has 0 atom stereocenters. The van der Waals surface area contributed by atoms with E-state index in [1.807, 2.05) is 150 Å². The molecule has 88 heavy (non-hydrogen) atoms. The summed E-state index contributed by atoms with van der Waals surface area (Å²) in [5.41, 5.74) is 16.3. The maximum atomic E-state index is 9.63. The number of aromatic nitrogens is 6. The van der Waals surface area contributed by atoms with Crippen LogP contribution in [-0.4, -0.2) is 53.4 Å². The van der Waals surface area contributed by atoms with E-state index in [-0.39, 0.29) is 53.9 Å². The van der Waals surface area contributed by atoms with Gasteiger partial charge < -0.3 is 38.9 Å². The van der Waals surface area contributed by atoms with Crippen molar-refractivity contribution in [3.8, 4) is 45.4 Å². The van der Waals surface area contributed by atoms with E-state index < -0.39 is 0 Å². The number of hydrogen-bond acceptors (Lipinski definition) is 10. The largest absolute Gasteiger partial charge is 2.00 e. The summed E-state index contributed by atoms with van der Waals surface area (Å²) < 4.78 is 4.64. The number of anilines is 6. The average Bonchev–Trinajstić information content (AvgIpc) is 2.75. The molecule has 14 heteroatoms. The Morgan fingerprint density at radius 1 is 0.386 bits per heavy atom. The molecule has 0 radical (unpaired) electrons. The van der Waals surface area contributed by atoms with Crippen molar-refractivity contribution in [1.82, 2.24) is 29.1 Å². The summed E-state index contributed by atoms with van der Waals surface area (Å²) in [5.74, 6) is 2.04. The average molecular weight is 1510 g/mol. The van der Waals surface area contributed by atoms with Crippen LogP contribution in [0.25, 0.3) is 77.2 Å².